The number of hydrogen-bond donors (Lipinski definition) is 1. The van der Waals surface area contributed by atoms with Crippen molar-refractivity contribution in [3.05, 3.63) is 0 Å². The Hall–Kier alpha value is -0.770. The van der Waals surface area contributed by atoms with Crippen molar-refractivity contribution in [1.29, 1.82) is 0 Å². The van der Waals surface area contributed by atoms with Crippen LogP contribution in [0.2, 0.25) is 0 Å². The maximum absolute atomic E-state index is 11.8. The van der Waals surface area contributed by atoms with Gasteiger partial charge in [-0.3, -0.25) is 0 Å². The molecule has 18 heavy (non-hydrogen) atoms. The van der Waals surface area contributed by atoms with Crippen molar-refractivity contribution in [2.45, 2.75) is 52.1 Å². The van der Waals surface area contributed by atoms with Crippen molar-refractivity contribution in [2.75, 3.05) is 27.2 Å². The molecule has 0 spiro atoms. The minimum Gasteiger partial charge on any atom is -0.331 e. The van der Waals surface area contributed by atoms with Crippen LogP contribution >= 0.6 is 0 Å². The van der Waals surface area contributed by atoms with Gasteiger partial charge in [0, 0.05) is 39.3 Å². The minimum absolute atomic E-state index is 0.142. The lowest BCUT2D eigenvalue weighted by molar-refractivity contribution is 0.150. The van der Waals surface area contributed by atoms with Crippen LogP contribution in [0.5, 0.6) is 0 Å². The van der Waals surface area contributed by atoms with Gasteiger partial charge in [-0.25, -0.2) is 4.79 Å². The monoisotopic (exact) mass is 255 g/mol. The molecule has 1 saturated heterocycles. The molecule has 1 aliphatic heterocycles. The summed E-state index contributed by atoms with van der Waals surface area (Å²) in [5.74, 6) is 0.739. The van der Waals surface area contributed by atoms with Gasteiger partial charge >= 0.3 is 6.03 Å². The Kier molecular flexibility index (Phi) is 5.93. The third-order valence-electron chi connectivity index (χ3n) is 3.49. The third kappa shape index (κ3) is 4.84. The summed E-state index contributed by atoms with van der Waals surface area (Å²) in [6.07, 6.45) is 3.36. The van der Waals surface area contributed by atoms with Crippen molar-refractivity contribution < 1.29 is 4.79 Å². The van der Waals surface area contributed by atoms with Crippen LogP contribution in [0, 0.1) is 5.92 Å². The third-order valence-corrected chi connectivity index (χ3v) is 3.49. The van der Waals surface area contributed by atoms with Crippen molar-refractivity contribution in [1.82, 2.24) is 15.1 Å². The normalized spacial score (nSPS) is 19.1. The zero-order valence-corrected chi connectivity index (χ0v) is 12.6. The number of likely N-dealkylation sites (tertiary alicyclic amines) is 1. The van der Waals surface area contributed by atoms with Gasteiger partial charge in [0.2, 0.25) is 0 Å². The van der Waals surface area contributed by atoms with Crippen LogP contribution in [-0.4, -0.2) is 55.1 Å². The summed E-state index contributed by atoms with van der Waals surface area (Å²) in [7, 11) is 3.63. The molecule has 1 fully saturated rings. The predicted molar refractivity (Wildman–Crippen MR) is 75.7 cm³/mol. The number of carbonyl (C=O) groups is 1. The maximum Gasteiger partial charge on any atom is 0.319 e. The molecule has 2 amide bonds. The minimum atomic E-state index is 0.142. The molecule has 0 radical (unpaired) electrons. The molecule has 1 atom stereocenters. The first-order chi connectivity index (χ1) is 8.40. The molecule has 106 valence electrons. The first-order valence-corrected chi connectivity index (χ1v) is 7.12. The fourth-order valence-electron chi connectivity index (χ4n) is 2.70. The Labute approximate surface area is 112 Å². The van der Waals surface area contributed by atoms with Gasteiger partial charge in [-0.05, 0) is 32.1 Å². The number of amides is 2. The van der Waals surface area contributed by atoms with E-state index in [0.29, 0.717) is 12.1 Å². The SMILES string of the molecule is CC(C)CC(C)NC1CCN(C(=O)N(C)C)CC1. The second-order valence-electron chi connectivity index (χ2n) is 6.14. The summed E-state index contributed by atoms with van der Waals surface area (Å²) in [5, 5.41) is 3.69. The van der Waals surface area contributed by atoms with Gasteiger partial charge in [0.1, 0.15) is 0 Å². The van der Waals surface area contributed by atoms with Crippen LogP contribution in [0.1, 0.15) is 40.0 Å². The molecule has 1 unspecified atom stereocenters. The van der Waals surface area contributed by atoms with Crippen LogP contribution in [0.25, 0.3) is 0 Å². The van der Waals surface area contributed by atoms with Crippen molar-refractivity contribution in [2.24, 2.45) is 5.92 Å². The summed E-state index contributed by atoms with van der Waals surface area (Å²) in [5.41, 5.74) is 0. The van der Waals surface area contributed by atoms with Crippen LogP contribution in [0.3, 0.4) is 0 Å². The van der Waals surface area contributed by atoms with Gasteiger partial charge in [-0.2, -0.15) is 0 Å². The van der Waals surface area contributed by atoms with Gasteiger partial charge < -0.3 is 15.1 Å². The maximum atomic E-state index is 11.8. The average Bonchev–Trinajstić information content (AvgIpc) is 2.27. The molecule has 0 aromatic rings. The summed E-state index contributed by atoms with van der Waals surface area (Å²) in [6, 6.07) is 1.29. The van der Waals surface area contributed by atoms with E-state index >= 15 is 0 Å². The fourth-order valence-corrected chi connectivity index (χ4v) is 2.70. The van der Waals surface area contributed by atoms with Crippen molar-refractivity contribution >= 4 is 6.03 Å². The summed E-state index contributed by atoms with van der Waals surface area (Å²) < 4.78 is 0. The Bertz CT molecular complexity index is 258. The second-order valence-corrected chi connectivity index (χ2v) is 6.14. The highest BCUT2D eigenvalue weighted by molar-refractivity contribution is 5.73. The highest BCUT2D eigenvalue weighted by atomic mass is 16.2. The van der Waals surface area contributed by atoms with E-state index < -0.39 is 0 Å². The molecule has 0 aliphatic carbocycles. The van der Waals surface area contributed by atoms with Gasteiger partial charge in [0.25, 0.3) is 0 Å². The molecule has 0 aromatic carbocycles. The molecule has 0 saturated carbocycles. The summed E-state index contributed by atoms with van der Waals surface area (Å²) in [6.45, 7) is 8.54. The van der Waals surface area contributed by atoms with E-state index in [4.69, 9.17) is 0 Å². The Morgan fingerprint density at radius 1 is 1.28 bits per heavy atom. The summed E-state index contributed by atoms with van der Waals surface area (Å²) >= 11 is 0. The average molecular weight is 255 g/mol. The van der Waals surface area contributed by atoms with Gasteiger partial charge in [-0.15, -0.1) is 0 Å². The molecule has 1 rings (SSSR count). The first-order valence-electron chi connectivity index (χ1n) is 7.12. The van der Waals surface area contributed by atoms with Crippen molar-refractivity contribution in [3.8, 4) is 0 Å². The molecule has 4 nitrogen and oxygen atoms in total. The standard InChI is InChI=1S/C14H29N3O/c1-11(2)10-12(3)15-13-6-8-17(9-7-13)14(18)16(4)5/h11-13,15H,6-10H2,1-5H3. The van der Waals surface area contributed by atoms with E-state index in [0.717, 1.165) is 31.8 Å². The number of rotatable bonds is 4. The van der Waals surface area contributed by atoms with Crippen LogP contribution in [0.15, 0.2) is 0 Å². The number of nitrogens with zero attached hydrogens (tertiary/aromatic N) is 2. The zero-order chi connectivity index (χ0) is 13.7. The summed E-state index contributed by atoms with van der Waals surface area (Å²) in [4.78, 5) is 15.4. The number of carbonyl (C=O) groups excluding carboxylic acids is 1. The van der Waals surface area contributed by atoms with Crippen LogP contribution in [-0.2, 0) is 0 Å². The Morgan fingerprint density at radius 2 is 1.83 bits per heavy atom. The van der Waals surface area contributed by atoms with Gasteiger partial charge in [-0.1, -0.05) is 13.8 Å². The Morgan fingerprint density at radius 3 is 2.28 bits per heavy atom. The molecule has 1 heterocycles. The fraction of sp³-hybridized carbons (Fsp3) is 0.929. The molecule has 0 aromatic heterocycles. The molecule has 1 N–H and O–H groups in total. The molecular formula is C14H29N3O. The number of urea groups is 1. The van der Waals surface area contributed by atoms with E-state index in [2.05, 4.69) is 26.1 Å². The van der Waals surface area contributed by atoms with E-state index in [-0.39, 0.29) is 6.03 Å². The lowest BCUT2D eigenvalue weighted by atomic mass is 10.0. The van der Waals surface area contributed by atoms with Crippen LogP contribution in [0.4, 0.5) is 4.79 Å². The zero-order valence-electron chi connectivity index (χ0n) is 12.6. The second kappa shape index (κ2) is 6.98. The highest BCUT2D eigenvalue weighted by Gasteiger charge is 2.24. The predicted octanol–water partition coefficient (Wildman–Crippen LogP) is 2.16. The first kappa shape index (κ1) is 15.3. The number of hydrogen-bond acceptors (Lipinski definition) is 2. The molecule has 1 aliphatic rings. The van der Waals surface area contributed by atoms with E-state index in [1.165, 1.54) is 6.42 Å². The topological polar surface area (TPSA) is 35.6 Å². The van der Waals surface area contributed by atoms with E-state index in [9.17, 15) is 4.79 Å². The van der Waals surface area contributed by atoms with Gasteiger partial charge in [0.15, 0.2) is 0 Å². The number of nitrogens with one attached hydrogen (secondary N) is 1. The number of piperidine rings is 1. The quantitative estimate of drug-likeness (QED) is 0.835. The van der Waals surface area contributed by atoms with E-state index in [1.54, 1.807) is 4.90 Å². The van der Waals surface area contributed by atoms with Crippen LogP contribution < -0.4 is 5.32 Å². The highest BCUT2D eigenvalue weighted by Crippen LogP contribution is 2.14. The van der Waals surface area contributed by atoms with Gasteiger partial charge in [0.05, 0.1) is 0 Å². The Balaban J connectivity index is 2.29. The molecule has 4 heteroatoms. The smallest absolute Gasteiger partial charge is 0.319 e. The lowest BCUT2D eigenvalue weighted by Gasteiger charge is -2.35. The largest absolute Gasteiger partial charge is 0.331 e. The molecule has 0 bridgehead atoms. The van der Waals surface area contributed by atoms with Crippen molar-refractivity contribution in [3.63, 3.8) is 0 Å². The molecular weight excluding hydrogens is 226 g/mol. The lowest BCUT2D eigenvalue weighted by Crippen LogP contribution is -2.49. The van der Waals surface area contributed by atoms with E-state index in [1.807, 2.05) is 19.0 Å².